The number of rotatable bonds is 5. The molecular weight excluding hydrogens is 374 g/mol. The van der Waals surface area contributed by atoms with Gasteiger partial charge in [0.05, 0.1) is 29.0 Å². The Labute approximate surface area is 177 Å². The van der Waals surface area contributed by atoms with E-state index in [4.69, 9.17) is 9.97 Å². The Balaban J connectivity index is 1.80. The molecule has 0 saturated carbocycles. The highest BCUT2D eigenvalue weighted by atomic mass is 16.4. The van der Waals surface area contributed by atoms with Crippen molar-refractivity contribution in [2.24, 2.45) is 0 Å². The zero-order valence-corrected chi connectivity index (χ0v) is 17.5. The second-order valence-corrected chi connectivity index (χ2v) is 8.01. The molecule has 2 atom stereocenters. The van der Waals surface area contributed by atoms with Crippen molar-refractivity contribution >= 4 is 5.97 Å². The van der Waals surface area contributed by atoms with Crippen LogP contribution in [0.15, 0.2) is 60.9 Å². The average molecular weight is 402 g/mol. The standard InChI is InChI=1S/C25H27N3O2/c1-17-8-6-14-26-23(17)21-12-5-13-22(24-18(2)9-7-15-27-24)28(21)16-19-10-3-4-11-20(19)25(29)30/h3-4,6-11,14-15,21-22H,5,12-13,16H2,1-2H3,(H,29,30)/t21-,22+. The van der Waals surface area contributed by atoms with Crippen molar-refractivity contribution in [2.75, 3.05) is 0 Å². The largest absolute Gasteiger partial charge is 0.478 e. The Hall–Kier alpha value is -3.05. The molecule has 1 aromatic carbocycles. The maximum absolute atomic E-state index is 11.8. The molecule has 0 unspecified atom stereocenters. The number of aryl methyl sites for hydroxylation is 2. The van der Waals surface area contributed by atoms with Crippen LogP contribution >= 0.6 is 0 Å². The van der Waals surface area contributed by atoms with Crippen LogP contribution in [0.1, 0.15) is 69.8 Å². The van der Waals surface area contributed by atoms with Crippen LogP contribution < -0.4 is 0 Å². The SMILES string of the molecule is Cc1cccnc1[C@H]1CCC[C@@H](c2ncccc2C)N1Cc1ccccc1C(=O)O. The molecule has 5 heteroatoms. The molecule has 1 aliphatic rings. The molecule has 0 spiro atoms. The molecule has 5 nitrogen and oxygen atoms in total. The fourth-order valence-corrected chi connectivity index (χ4v) is 4.62. The summed E-state index contributed by atoms with van der Waals surface area (Å²) in [5.41, 5.74) is 5.65. The van der Waals surface area contributed by atoms with Crippen molar-refractivity contribution in [3.05, 3.63) is 94.6 Å². The monoisotopic (exact) mass is 401 g/mol. The van der Waals surface area contributed by atoms with E-state index in [-0.39, 0.29) is 12.1 Å². The maximum Gasteiger partial charge on any atom is 0.336 e. The molecular formula is C25H27N3O2. The minimum absolute atomic E-state index is 0.119. The molecule has 1 fully saturated rings. The Bertz CT molecular complexity index is 996. The summed E-state index contributed by atoms with van der Waals surface area (Å²) in [6.45, 7) is 4.74. The van der Waals surface area contributed by atoms with Crippen molar-refractivity contribution in [1.82, 2.24) is 14.9 Å². The number of hydrogen-bond acceptors (Lipinski definition) is 4. The van der Waals surface area contributed by atoms with Gasteiger partial charge >= 0.3 is 5.97 Å². The first-order chi connectivity index (χ1) is 14.6. The number of carbonyl (C=O) groups is 1. The Morgan fingerprint density at radius 2 is 1.50 bits per heavy atom. The quantitative estimate of drug-likeness (QED) is 0.632. The molecule has 3 aromatic rings. The van der Waals surface area contributed by atoms with E-state index in [1.807, 2.05) is 36.7 Å². The fraction of sp³-hybridized carbons (Fsp3) is 0.320. The summed E-state index contributed by atoms with van der Waals surface area (Å²) >= 11 is 0. The highest BCUT2D eigenvalue weighted by Gasteiger charge is 2.35. The van der Waals surface area contributed by atoms with E-state index in [9.17, 15) is 9.90 Å². The summed E-state index contributed by atoms with van der Waals surface area (Å²) in [6.07, 6.45) is 6.77. The molecule has 1 saturated heterocycles. The number of hydrogen-bond donors (Lipinski definition) is 1. The summed E-state index contributed by atoms with van der Waals surface area (Å²) in [5, 5.41) is 9.71. The summed E-state index contributed by atoms with van der Waals surface area (Å²) in [5.74, 6) is -0.890. The number of carboxylic acid groups (broad SMARTS) is 1. The van der Waals surface area contributed by atoms with Crippen LogP contribution in [0.5, 0.6) is 0 Å². The summed E-state index contributed by atoms with van der Waals surface area (Å²) in [6, 6.07) is 15.7. The van der Waals surface area contributed by atoms with Crippen molar-refractivity contribution in [3.8, 4) is 0 Å². The van der Waals surface area contributed by atoms with Crippen molar-refractivity contribution in [1.29, 1.82) is 0 Å². The van der Waals surface area contributed by atoms with Gasteiger partial charge in [0, 0.05) is 18.9 Å². The normalized spacial score (nSPS) is 19.5. The Kier molecular flexibility index (Phi) is 5.91. The Morgan fingerprint density at radius 1 is 0.933 bits per heavy atom. The maximum atomic E-state index is 11.8. The lowest BCUT2D eigenvalue weighted by Gasteiger charge is -2.42. The van der Waals surface area contributed by atoms with Gasteiger partial charge in [-0.25, -0.2) is 4.79 Å². The molecule has 0 radical (unpaired) electrons. The lowest BCUT2D eigenvalue weighted by atomic mass is 9.88. The predicted octanol–water partition coefficient (Wildman–Crippen LogP) is 5.26. The molecule has 0 bridgehead atoms. The van der Waals surface area contributed by atoms with Crippen LogP contribution in [0, 0.1) is 13.8 Å². The number of carboxylic acids is 1. The first-order valence-corrected chi connectivity index (χ1v) is 10.5. The molecule has 30 heavy (non-hydrogen) atoms. The van der Waals surface area contributed by atoms with Crippen LogP contribution in [0.3, 0.4) is 0 Å². The van der Waals surface area contributed by atoms with Gasteiger partial charge in [-0.1, -0.05) is 30.3 Å². The van der Waals surface area contributed by atoms with E-state index >= 15 is 0 Å². The van der Waals surface area contributed by atoms with Crippen LogP contribution in [-0.4, -0.2) is 25.9 Å². The molecule has 154 valence electrons. The second kappa shape index (κ2) is 8.76. The van der Waals surface area contributed by atoms with E-state index in [2.05, 4.69) is 30.9 Å². The van der Waals surface area contributed by atoms with E-state index in [0.717, 1.165) is 47.3 Å². The zero-order valence-electron chi connectivity index (χ0n) is 17.5. The minimum Gasteiger partial charge on any atom is -0.478 e. The van der Waals surface area contributed by atoms with Crippen LogP contribution in [0.2, 0.25) is 0 Å². The number of benzene rings is 1. The molecule has 0 amide bonds. The highest BCUT2D eigenvalue weighted by molar-refractivity contribution is 5.89. The molecule has 3 heterocycles. The van der Waals surface area contributed by atoms with Gasteiger partial charge in [-0.15, -0.1) is 0 Å². The minimum atomic E-state index is -0.890. The summed E-state index contributed by atoms with van der Waals surface area (Å²) in [7, 11) is 0. The smallest absolute Gasteiger partial charge is 0.336 e. The average Bonchev–Trinajstić information content (AvgIpc) is 2.75. The first-order valence-electron chi connectivity index (χ1n) is 10.5. The van der Waals surface area contributed by atoms with E-state index in [0.29, 0.717) is 12.1 Å². The number of piperidine rings is 1. The lowest BCUT2D eigenvalue weighted by Crippen LogP contribution is -2.37. The van der Waals surface area contributed by atoms with E-state index < -0.39 is 5.97 Å². The topological polar surface area (TPSA) is 66.3 Å². The zero-order chi connectivity index (χ0) is 21.1. The predicted molar refractivity (Wildman–Crippen MR) is 116 cm³/mol. The van der Waals surface area contributed by atoms with Gasteiger partial charge in [0.25, 0.3) is 0 Å². The third-order valence-corrected chi connectivity index (χ3v) is 6.09. The van der Waals surface area contributed by atoms with Gasteiger partial charge in [-0.3, -0.25) is 14.9 Å². The number of pyridine rings is 2. The molecule has 2 aromatic heterocycles. The van der Waals surface area contributed by atoms with Crippen molar-refractivity contribution in [2.45, 2.75) is 51.7 Å². The molecule has 1 aliphatic heterocycles. The molecule has 0 aliphatic carbocycles. The van der Waals surface area contributed by atoms with Gasteiger partial charge in [-0.05, 0) is 68.0 Å². The second-order valence-electron chi connectivity index (χ2n) is 8.01. The van der Waals surface area contributed by atoms with Crippen LogP contribution in [-0.2, 0) is 6.54 Å². The van der Waals surface area contributed by atoms with Gasteiger partial charge < -0.3 is 5.11 Å². The van der Waals surface area contributed by atoms with Crippen LogP contribution in [0.25, 0.3) is 0 Å². The number of aromatic nitrogens is 2. The number of aromatic carboxylic acids is 1. The van der Waals surface area contributed by atoms with Gasteiger partial charge in [0.1, 0.15) is 0 Å². The molecule has 1 N–H and O–H groups in total. The van der Waals surface area contributed by atoms with Gasteiger partial charge in [0.2, 0.25) is 0 Å². The van der Waals surface area contributed by atoms with Crippen molar-refractivity contribution in [3.63, 3.8) is 0 Å². The van der Waals surface area contributed by atoms with Gasteiger partial charge in [0.15, 0.2) is 0 Å². The fourth-order valence-electron chi connectivity index (χ4n) is 4.62. The van der Waals surface area contributed by atoms with Crippen LogP contribution in [0.4, 0.5) is 0 Å². The van der Waals surface area contributed by atoms with Crippen molar-refractivity contribution < 1.29 is 9.90 Å². The molecule has 4 rings (SSSR count). The third kappa shape index (κ3) is 3.98. The summed E-state index contributed by atoms with van der Waals surface area (Å²) < 4.78 is 0. The van der Waals surface area contributed by atoms with Gasteiger partial charge in [-0.2, -0.15) is 0 Å². The lowest BCUT2D eigenvalue weighted by molar-refractivity contribution is 0.0636. The first kappa shape index (κ1) is 20.2. The highest BCUT2D eigenvalue weighted by Crippen LogP contribution is 2.43. The Morgan fingerprint density at radius 3 is 2.03 bits per heavy atom. The van der Waals surface area contributed by atoms with E-state index in [1.54, 1.807) is 12.1 Å². The number of nitrogens with zero attached hydrogens (tertiary/aromatic N) is 3. The third-order valence-electron chi connectivity index (χ3n) is 6.09. The summed E-state index contributed by atoms with van der Waals surface area (Å²) in [4.78, 5) is 23.7. The number of likely N-dealkylation sites (tertiary alicyclic amines) is 1. The van der Waals surface area contributed by atoms with E-state index in [1.165, 1.54) is 0 Å².